The van der Waals surface area contributed by atoms with Crippen LogP contribution < -0.4 is 10.1 Å². The molecule has 1 aliphatic rings. The normalized spacial score (nSPS) is 17.3. The van der Waals surface area contributed by atoms with Crippen molar-refractivity contribution in [3.63, 3.8) is 0 Å². The molecule has 1 aromatic rings. The van der Waals surface area contributed by atoms with E-state index >= 15 is 0 Å². The van der Waals surface area contributed by atoms with E-state index in [2.05, 4.69) is 15.2 Å². The molecule has 0 spiro atoms. The van der Waals surface area contributed by atoms with Crippen LogP contribution in [0.4, 0.5) is 0 Å². The first-order valence-electron chi connectivity index (χ1n) is 5.80. The summed E-state index contributed by atoms with van der Waals surface area (Å²) in [5.41, 5.74) is 1.11. The topological polar surface area (TPSA) is 37.4 Å². The molecule has 1 N–H and O–H groups in total. The molecule has 0 saturated carbocycles. The zero-order valence-corrected chi connectivity index (χ0v) is 9.78. The summed E-state index contributed by atoms with van der Waals surface area (Å²) >= 11 is 0. The number of hydrogen-bond donors (Lipinski definition) is 1. The molecule has 4 nitrogen and oxygen atoms in total. The molecule has 1 fully saturated rings. The van der Waals surface area contributed by atoms with Crippen LogP contribution in [0.3, 0.4) is 0 Å². The second-order valence-corrected chi connectivity index (χ2v) is 4.03. The average Bonchev–Trinajstić information content (AvgIpc) is 2.38. The number of ether oxygens (including phenoxy) is 1. The number of hydrogen-bond acceptors (Lipinski definition) is 4. The molecule has 88 valence electrons. The van der Waals surface area contributed by atoms with E-state index in [1.54, 1.807) is 7.11 Å². The smallest absolute Gasteiger partial charge is 0.122 e. The Morgan fingerprint density at radius 1 is 1.44 bits per heavy atom. The van der Waals surface area contributed by atoms with Gasteiger partial charge in [0.25, 0.3) is 0 Å². The van der Waals surface area contributed by atoms with Crippen molar-refractivity contribution >= 4 is 0 Å². The largest absolute Gasteiger partial charge is 0.497 e. The minimum atomic E-state index is 0.894. The van der Waals surface area contributed by atoms with Gasteiger partial charge in [0, 0.05) is 57.1 Å². The first-order valence-corrected chi connectivity index (χ1v) is 5.80. The highest BCUT2D eigenvalue weighted by molar-refractivity contribution is 5.22. The van der Waals surface area contributed by atoms with Gasteiger partial charge in [-0.1, -0.05) is 0 Å². The van der Waals surface area contributed by atoms with Crippen molar-refractivity contribution in [3.05, 3.63) is 24.0 Å². The van der Waals surface area contributed by atoms with Crippen LogP contribution in [0.5, 0.6) is 5.75 Å². The third-order valence-corrected chi connectivity index (χ3v) is 2.92. The Labute approximate surface area is 96.6 Å². The predicted octanol–water partition coefficient (Wildman–Crippen LogP) is 0.538. The lowest BCUT2D eigenvalue weighted by Gasteiger charge is -2.26. The summed E-state index contributed by atoms with van der Waals surface area (Å²) in [5.74, 6) is 0.894. The summed E-state index contributed by atoms with van der Waals surface area (Å²) in [5, 5.41) is 3.35. The Balaban J connectivity index is 1.83. The van der Waals surface area contributed by atoms with Crippen LogP contribution in [0, 0.1) is 0 Å². The second kappa shape index (κ2) is 5.82. The SMILES string of the molecule is COc1ccnc(CCN2CCNCC2)c1. The van der Waals surface area contributed by atoms with Gasteiger partial charge in [-0.25, -0.2) is 0 Å². The molecule has 0 bridgehead atoms. The molecule has 16 heavy (non-hydrogen) atoms. The molecule has 0 unspecified atom stereocenters. The van der Waals surface area contributed by atoms with Crippen molar-refractivity contribution in [2.45, 2.75) is 6.42 Å². The molecular weight excluding hydrogens is 202 g/mol. The maximum Gasteiger partial charge on any atom is 0.122 e. The number of methoxy groups -OCH3 is 1. The number of piperazine rings is 1. The Bertz CT molecular complexity index is 324. The van der Waals surface area contributed by atoms with Crippen LogP contribution >= 0.6 is 0 Å². The maximum absolute atomic E-state index is 5.18. The molecule has 1 saturated heterocycles. The van der Waals surface area contributed by atoms with Crippen LogP contribution in [-0.4, -0.2) is 49.7 Å². The Morgan fingerprint density at radius 2 is 2.25 bits per heavy atom. The molecule has 0 aromatic carbocycles. The van der Waals surface area contributed by atoms with Crippen LogP contribution in [0.1, 0.15) is 5.69 Å². The van der Waals surface area contributed by atoms with Gasteiger partial charge in [0.1, 0.15) is 5.75 Å². The van der Waals surface area contributed by atoms with Gasteiger partial charge in [0.05, 0.1) is 7.11 Å². The van der Waals surface area contributed by atoms with Gasteiger partial charge in [0.2, 0.25) is 0 Å². The summed E-state index contributed by atoms with van der Waals surface area (Å²) in [6, 6.07) is 3.90. The molecule has 4 heteroatoms. The van der Waals surface area contributed by atoms with E-state index in [1.165, 1.54) is 0 Å². The highest BCUT2D eigenvalue weighted by Crippen LogP contribution is 2.10. The zero-order valence-electron chi connectivity index (χ0n) is 9.78. The molecule has 1 aromatic heterocycles. The zero-order chi connectivity index (χ0) is 11.2. The molecule has 0 atom stereocenters. The molecule has 2 rings (SSSR count). The summed E-state index contributed by atoms with van der Waals surface area (Å²) in [6.07, 6.45) is 2.81. The fourth-order valence-corrected chi connectivity index (χ4v) is 1.93. The third-order valence-electron chi connectivity index (χ3n) is 2.92. The van der Waals surface area contributed by atoms with E-state index in [9.17, 15) is 0 Å². The molecule has 1 aliphatic heterocycles. The maximum atomic E-state index is 5.18. The van der Waals surface area contributed by atoms with Crippen LogP contribution in [-0.2, 0) is 6.42 Å². The fourth-order valence-electron chi connectivity index (χ4n) is 1.93. The van der Waals surface area contributed by atoms with Crippen molar-refractivity contribution in [3.8, 4) is 5.75 Å². The number of aromatic nitrogens is 1. The summed E-state index contributed by atoms with van der Waals surface area (Å²) < 4.78 is 5.18. The predicted molar refractivity (Wildman–Crippen MR) is 63.8 cm³/mol. The number of rotatable bonds is 4. The van der Waals surface area contributed by atoms with Crippen LogP contribution in [0.25, 0.3) is 0 Å². The van der Waals surface area contributed by atoms with Gasteiger partial charge >= 0.3 is 0 Å². The minimum Gasteiger partial charge on any atom is -0.497 e. The summed E-state index contributed by atoms with van der Waals surface area (Å²) in [4.78, 5) is 6.82. The Morgan fingerprint density at radius 3 is 3.00 bits per heavy atom. The molecule has 0 amide bonds. The molecule has 0 aliphatic carbocycles. The second-order valence-electron chi connectivity index (χ2n) is 4.03. The summed E-state index contributed by atoms with van der Waals surface area (Å²) in [6.45, 7) is 5.58. The molecule has 2 heterocycles. The average molecular weight is 221 g/mol. The van der Waals surface area contributed by atoms with Gasteiger partial charge in [-0.3, -0.25) is 4.98 Å². The minimum absolute atomic E-state index is 0.894. The van der Waals surface area contributed by atoms with Crippen molar-refractivity contribution in [2.75, 3.05) is 39.8 Å². The van der Waals surface area contributed by atoms with Gasteiger partial charge < -0.3 is 15.0 Å². The van der Waals surface area contributed by atoms with Crippen LogP contribution in [0.15, 0.2) is 18.3 Å². The van der Waals surface area contributed by atoms with Crippen molar-refractivity contribution < 1.29 is 4.74 Å². The first kappa shape index (κ1) is 11.4. The van der Waals surface area contributed by atoms with Crippen molar-refractivity contribution in [1.82, 2.24) is 15.2 Å². The lowest BCUT2D eigenvalue weighted by molar-refractivity contribution is 0.243. The van der Waals surface area contributed by atoms with E-state index in [-0.39, 0.29) is 0 Å². The lowest BCUT2D eigenvalue weighted by Crippen LogP contribution is -2.44. The summed E-state index contributed by atoms with van der Waals surface area (Å²) in [7, 11) is 1.69. The molecule has 0 radical (unpaired) electrons. The van der Waals surface area contributed by atoms with Crippen molar-refractivity contribution in [2.24, 2.45) is 0 Å². The van der Waals surface area contributed by atoms with E-state index in [0.717, 1.165) is 50.6 Å². The first-order chi connectivity index (χ1) is 7.88. The quantitative estimate of drug-likeness (QED) is 0.805. The van der Waals surface area contributed by atoms with E-state index < -0.39 is 0 Å². The highest BCUT2D eigenvalue weighted by Gasteiger charge is 2.09. The fraction of sp³-hybridized carbons (Fsp3) is 0.583. The monoisotopic (exact) mass is 221 g/mol. The Kier molecular flexibility index (Phi) is 4.13. The van der Waals surface area contributed by atoms with E-state index in [4.69, 9.17) is 4.74 Å². The van der Waals surface area contributed by atoms with Crippen LogP contribution in [0.2, 0.25) is 0 Å². The number of pyridine rings is 1. The lowest BCUT2D eigenvalue weighted by atomic mass is 10.2. The van der Waals surface area contributed by atoms with Gasteiger partial charge in [0.15, 0.2) is 0 Å². The third kappa shape index (κ3) is 3.18. The highest BCUT2D eigenvalue weighted by atomic mass is 16.5. The van der Waals surface area contributed by atoms with Gasteiger partial charge in [-0.2, -0.15) is 0 Å². The standard InChI is InChI=1S/C12H19N3O/c1-16-12-2-4-14-11(10-12)3-7-15-8-5-13-6-9-15/h2,4,10,13H,3,5-9H2,1H3. The van der Waals surface area contributed by atoms with E-state index in [0.29, 0.717) is 0 Å². The Hall–Kier alpha value is -1.13. The van der Waals surface area contributed by atoms with E-state index in [1.807, 2.05) is 18.3 Å². The molecular formula is C12H19N3O. The van der Waals surface area contributed by atoms with Crippen molar-refractivity contribution in [1.29, 1.82) is 0 Å². The van der Waals surface area contributed by atoms with Gasteiger partial charge in [-0.15, -0.1) is 0 Å². The van der Waals surface area contributed by atoms with Gasteiger partial charge in [-0.05, 0) is 6.07 Å². The number of nitrogens with one attached hydrogen (secondary N) is 1. The number of nitrogens with zero attached hydrogens (tertiary/aromatic N) is 2.